The number of rotatable bonds is 3. The van der Waals surface area contributed by atoms with Crippen molar-refractivity contribution in [1.82, 2.24) is 9.97 Å². The van der Waals surface area contributed by atoms with Crippen molar-refractivity contribution in [1.29, 1.82) is 0 Å². The van der Waals surface area contributed by atoms with E-state index in [9.17, 15) is 0 Å². The van der Waals surface area contributed by atoms with Gasteiger partial charge < -0.3 is 10.2 Å². The molecular weight excluding hydrogens is 176 g/mol. The maximum atomic E-state index is 5.22. The van der Waals surface area contributed by atoms with Gasteiger partial charge in [0.2, 0.25) is 0 Å². The van der Waals surface area contributed by atoms with Crippen molar-refractivity contribution in [2.24, 2.45) is 5.84 Å². The molecule has 1 aromatic heterocycles. The SMILES string of the molecule is COc1cnc(SC)nc1NN. The number of nitrogens with two attached hydrogens (primary N) is 1. The summed E-state index contributed by atoms with van der Waals surface area (Å²) in [5.41, 5.74) is 2.43. The van der Waals surface area contributed by atoms with E-state index in [1.165, 1.54) is 18.9 Å². The van der Waals surface area contributed by atoms with E-state index in [1.54, 1.807) is 6.20 Å². The molecule has 0 bridgehead atoms. The maximum absolute atomic E-state index is 5.22. The number of hydrazine groups is 1. The molecule has 0 fully saturated rings. The smallest absolute Gasteiger partial charge is 0.189 e. The lowest BCUT2D eigenvalue weighted by atomic mass is 10.5. The zero-order valence-corrected chi connectivity index (χ0v) is 7.68. The largest absolute Gasteiger partial charge is 0.491 e. The van der Waals surface area contributed by atoms with E-state index in [2.05, 4.69) is 15.4 Å². The van der Waals surface area contributed by atoms with Gasteiger partial charge in [-0.05, 0) is 6.26 Å². The first-order valence-electron chi connectivity index (χ1n) is 3.23. The molecule has 0 atom stereocenters. The van der Waals surface area contributed by atoms with E-state index in [0.717, 1.165) is 0 Å². The fourth-order valence-electron chi connectivity index (χ4n) is 0.706. The van der Waals surface area contributed by atoms with Crippen LogP contribution < -0.4 is 16.0 Å². The van der Waals surface area contributed by atoms with Crippen LogP contribution in [0.25, 0.3) is 0 Å². The van der Waals surface area contributed by atoms with Crippen molar-refractivity contribution in [3.63, 3.8) is 0 Å². The fourth-order valence-corrected chi connectivity index (χ4v) is 1.05. The Labute approximate surface area is 74.7 Å². The average molecular weight is 186 g/mol. The van der Waals surface area contributed by atoms with Crippen LogP contribution in [0, 0.1) is 0 Å². The lowest BCUT2D eigenvalue weighted by Crippen LogP contribution is -2.10. The molecule has 1 rings (SSSR count). The third kappa shape index (κ3) is 1.77. The van der Waals surface area contributed by atoms with Crippen LogP contribution in [0.2, 0.25) is 0 Å². The van der Waals surface area contributed by atoms with Crippen LogP contribution in [0.5, 0.6) is 5.75 Å². The van der Waals surface area contributed by atoms with Gasteiger partial charge in [-0.1, -0.05) is 11.8 Å². The third-order valence-corrected chi connectivity index (χ3v) is 1.83. The van der Waals surface area contributed by atoms with E-state index >= 15 is 0 Å². The minimum atomic E-state index is 0.497. The Kier molecular flexibility index (Phi) is 3.12. The molecule has 0 saturated carbocycles. The first kappa shape index (κ1) is 9.08. The number of nitrogens with one attached hydrogen (secondary N) is 1. The molecule has 0 amide bonds. The Balaban J connectivity index is 3.02. The van der Waals surface area contributed by atoms with Gasteiger partial charge in [-0.2, -0.15) is 0 Å². The number of aromatic nitrogens is 2. The minimum Gasteiger partial charge on any atom is -0.491 e. The zero-order valence-electron chi connectivity index (χ0n) is 6.87. The van der Waals surface area contributed by atoms with Gasteiger partial charge in [0, 0.05) is 0 Å². The van der Waals surface area contributed by atoms with Gasteiger partial charge in [-0.3, -0.25) is 0 Å². The predicted octanol–water partition coefficient (Wildman–Crippen LogP) is 0.493. The molecule has 66 valence electrons. The highest BCUT2D eigenvalue weighted by molar-refractivity contribution is 7.98. The molecule has 0 aliphatic rings. The highest BCUT2D eigenvalue weighted by Gasteiger charge is 2.04. The molecular formula is C6H10N4OS. The van der Waals surface area contributed by atoms with Crippen LogP contribution in [-0.2, 0) is 0 Å². The minimum absolute atomic E-state index is 0.497. The molecule has 0 unspecified atom stereocenters. The second-order valence-corrected chi connectivity index (χ2v) is 2.69. The Morgan fingerprint density at radius 3 is 2.92 bits per heavy atom. The topological polar surface area (TPSA) is 73.1 Å². The molecule has 0 radical (unpaired) electrons. The molecule has 0 aliphatic heterocycles. The summed E-state index contributed by atoms with van der Waals surface area (Å²) in [5.74, 6) is 6.25. The molecule has 0 saturated heterocycles. The summed E-state index contributed by atoms with van der Waals surface area (Å²) in [7, 11) is 1.54. The van der Waals surface area contributed by atoms with Gasteiger partial charge in [0.1, 0.15) is 0 Å². The van der Waals surface area contributed by atoms with Crippen LogP contribution in [-0.4, -0.2) is 23.3 Å². The number of thioether (sulfide) groups is 1. The standard InChI is InChI=1S/C6H10N4OS/c1-11-4-3-8-6(12-2)9-5(4)10-7/h3H,7H2,1-2H3,(H,8,9,10). The van der Waals surface area contributed by atoms with E-state index in [1.807, 2.05) is 6.26 Å². The number of anilines is 1. The van der Waals surface area contributed by atoms with Gasteiger partial charge in [0.05, 0.1) is 13.3 Å². The third-order valence-electron chi connectivity index (χ3n) is 1.27. The lowest BCUT2D eigenvalue weighted by molar-refractivity contribution is 0.411. The van der Waals surface area contributed by atoms with Crippen LogP contribution >= 0.6 is 11.8 Å². The number of nitrogens with zero attached hydrogens (tertiary/aromatic N) is 2. The summed E-state index contributed by atoms with van der Waals surface area (Å²) in [6.45, 7) is 0. The first-order chi connectivity index (χ1) is 5.81. The van der Waals surface area contributed by atoms with E-state index in [4.69, 9.17) is 10.6 Å². The predicted molar refractivity (Wildman–Crippen MR) is 48.2 cm³/mol. The van der Waals surface area contributed by atoms with Gasteiger partial charge in [0.25, 0.3) is 0 Å². The summed E-state index contributed by atoms with van der Waals surface area (Å²) in [5, 5.41) is 0.656. The highest BCUT2D eigenvalue weighted by atomic mass is 32.2. The van der Waals surface area contributed by atoms with Gasteiger partial charge in [-0.15, -0.1) is 0 Å². The van der Waals surface area contributed by atoms with Crippen molar-refractivity contribution in [2.75, 3.05) is 18.8 Å². The van der Waals surface area contributed by atoms with Crippen LogP contribution in [0.1, 0.15) is 0 Å². The molecule has 0 aromatic carbocycles. The van der Waals surface area contributed by atoms with Crippen molar-refractivity contribution in [3.05, 3.63) is 6.20 Å². The molecule has 3 N–H and O–H groups in total. The number of hydrogen-bond donors (Lipinski definition) is 2. The van der Waals surface area contributed by atoms with Gasteiger partial charge in [0.15, 0.2) is 16.7 Å². The molecule has 0 aliphatic carbocycles. The summed E-state index contributed by atoms with van der Waals surface area (Å²) in [6, 6.07) is 0. The van der Waals surface area contributed by atoms with Gasteiger partial charge in [-0.25, -0.2) is 15.8 Å². The number of nitrogen functional groups attached to an aromatic ring is 1. The number of ether oxygens (including phenoxy) is 1. The Bertz CT molecular complexity index is 268. The monoisotopic (exact) mass is 186 g/mol. The first-order valence-corrected chi connectivity index (χ1v) is 4.46. The van der Waals surface area contributed by atoms with Crippen molar-refractivity contribution >= 4 is 17.6 Å². The van der Waals surface area contributed by atoms with Crippen molar-refractivity contribution in [2.45, 2.75) is 5.16 Å². The van der Waals surface area contributed by atoms with E-state index in [0.29, 0.717) is 16.7 Å². The van der Waals surface area contributed by atoms with E-state index < -0.39 is 0 Å². The summed E-state index contributed by atoms with van der Waals surface area (Å²) in [4.78, 5) is 8.08. The van der Waals surface area contributed by atoms with Crippen LogP contribution in [0.15, 0.2) is 11.4 Å². The molecule has 6 heteroatoms. The van der Waals surface area contributed by atoms with Crippen LogP contribution in [0.4, 0.5) is 5.82 Å². The molecule has 0 spiro atoms. The number of hydrogen-bond acceptors (Lipinski definition) is 6. The Hall–Kier alpha value is -1.01. The summed E-state index contributed by atoms with van der Waals surface area (Å²) in [6.07, 6.45) is 3.47. The van der Waals surface area contributed by atoms with Crippen molar-refractivity contribution in [3.8, 4) is 5.75 Å². The van der Waals surface area contributed by atoms with Gasteiger partial charge >= 0.3 is 0 Å². The molecule has 1 heterocycles. The second kappa shape index (κ2) is 4.13. The fraction of sp³-hybridized carbons (Fsp3) is 0.333. The lowest BCUT2D eigenvalue weighted by Gasteiger charge is -2.05. The Morgan fingerprint density at radius 2 is 2.42 bits per heavy atom. The summed E-state index contributed by atoms with van der Waals surface area (Å²) < 4.78 is 4.96. The molecule has 12 heavy (non-hydrogen) atoms. The number of methoxy groups -OCH3 is 1. The second-order valence-electron chi connectivity index (χ2n) is 1.92. The van der Waals surface area contributed by atoms with Crippen LogP contribution in [0.3, 0.4) is 0 Å². The quantitative estimate of drug-likeness (QED) is 0.310. The maximum Gasteiger partial charge on any atom is 0.189 e. The van der Waals surface area contributed by atoms with Crippen molar-refractivity contribution < 1.29 is 4.74 Å². The normalized spacial score (nSPS) is 9.58. The highest BCUT2D eigenvalue weighted by Crippen LogP contribution is 2.21. The zero-order chi connectivity index (χ0) is 8.97. The molecule has 5 nitrogen and oxygen atoms in total. The summed E-state index contributed by atoms with van der Waals surface area (Å²) >= 11 is 1.44. The van der Waals surface area contributed by atoms with E-state index in [-0.39, 0.29) is 0 Å². The average Bonchev–Trinajstić information content (AvgIpc) is 2.16. The molecule has 1 aromatic rings. The Morgan fingerprint density at radius 1 is 1.67 bits per heavy atom.